The van der Waals surface area contributed by atoms with Gasteiger partial charge in [-0.05, 0) is 135 Å². The van der Waals surface area contributed by atoms with Crippen molar-refractivity contribution in [3.63, 3.8) is 0 Å². The number of ether oxygens (including phenoxy) is 2. The first-order valence-electron chi connectivity index (χ1n) is 14.8. The first-order valence-corrected chi connectivity index (χ1v) is 14.8. The number of carbonyl (C=O) groups is 2. The van der Waals surface area contributed by atoms with E-state index in [4.69, 9.17) is 9.47 Å². The predicted molar refractivity (Wildman–Crippen MR) is 142 cm³/mol. The summed E-state index contributed by atoms with van der Waals surface area (Å²) >= 11 is 0. The fraction of sp³-hybridized carbons (Fsp3) is 0.935. The Kier molecular flexibility index (Phi) is 8.75. The molecule has 0 aromatic carbocycles. The van der Waals surface area contributed by atoms with Crippen LogP contribution in [0.25, 0.3) is 0 Å². The highest BCUT2D eigenvalue weighted by Gasteiger charge is 2.59. The second kappa shape index (κ2) is 10.7. The average molecular weight is 491 g/mol. The van der Waals surface area contributed by atoms with Gasteiger partial charge < -0.3 is 9.47 Å². The van der Waals surface area contributed by atoms with Crippen LogP contribution in [-0.2, 0) is 19.1 Å². The van der Waals surface area contributed by atoms with Crippen LogP contribution < -0.4 is 0 Å². The average Bonchev–Trinajstić information content (AvgIpc) is 3.30. The molecule has 5 aliphatic rings. The van der Waals surface area contributed by atoms with E-state index < -0.39 is 0 Å². The molecule has 4 nitrogen and oxygen atoms in total. The molecule has 4 heteroatoms. The lowest BCUT2D eigenvalue weighted by Crippen LogP contribution is -2.60. The summed E-state index contributed by atoms with van der Waals surface area (Å²) in [6, 6.07) is 0. The Bertz CT molecular complexity index is 715. The van der Waals surface area contributed by atoms with Crippen molar-refractivity contribution in [2.75, 3.05) is 0 Å². The number of rotatable bonds is 8. The van der Waals surface area contributed by atoms with Crippen LogP contribution in [-0.4, -0.2) is 23.1 Å². The van der Waals surface area contributed by atoms with E-state index in [1.165, 1.54) is 44.9 Å². The molecule has 0 radical (unpaired) electrons. The Morgan fingerprint density at radius 2 is 1.11 bits per heavy atom. The van der Waals surface area contributed by atoms with Crippen molar-refractivity contribution in [1.29, 1.82) is 0 Å². The maximum atomic E-state index is 12.6. The molecule has 0 heterocycles. The van der Waals surface area contributed by atoms with Gasteiger partial charge in [-0.2, -0.15) is 0 Å². The molecule has 0 atom stereocenters. The molecular weight excluding hydrogens is 436 g/mol. The summed E-state index contributed by atoms with van der Waals surface area (Å²) in [4.78, 5) is 24.6. The van der Waals surface area contributed by atoms with Gasteiger partial charge in [0.2, 0.25) is 0 Å². The second-order valence-electron chi connectivity index (χ2n) is 13.6. The molecule has 0 saturated heterocycles. The Labute approximate surface area is 215 Å². The molecule has 0 aromatic heterocycles. The first kappa shape index (κ1) is 28.5. The van der Waals surface area contributed by atoms with Gasteiger partial charge in [0.05, 0.1) is 10.8 Å². The van der Waals surface area contributed by atoms with Gasteiger partial charge in [0.1, 0.15) is 11.2 Å². The Hall–Kier alpha value is -1.06. The normalized spacial score (nSPS) is 33.1. The maximum absolute atomic E-state index is 12.6. The first-order chi connectivity index (χ1) is 16.4. The van der Waals surface area contributed by atoms with E-state index in [-0.39, 0.29) is 34.0 Å². The molecule has 5 saturated carbocycles. The fourth-order valence-corrected chi connectivity index (χ4v) is 7.28. The lowest BCUT2D eigenvalue weighted by Gasteiger charge is -2.60. The highest BCUT2D eigenvalue weighted by molar-refractivity contribution is 5.76. The van der Waals surface area contributed by atoms with E-state index in [0.29, 0.717) is 11.8 Å². The van der Waals surface area contributed by atoms with Gasteiger partial charge in [-0.25, -0.2) is 0 Å². The molecule has 0 N–H and O–H groups in total. The Morgan fingerprint density at radius 1 is 0.686 bits per heavy atom. The minimum absolute atomic E-state index is 0.0197. The van der Waals surface area contributed by atoms with Crippen LogP contribution in [0.2, 0.25) is 0 Å². The number of carbonyl (C=O) groups excluding carboxylic acids is 2. The topological polar surface area (TPSA) is 52.6 Å². The van der Waals surface area contributed by atoms with Crippen LogP contribution in [0.5, 0.6) is 0 Å². The van der Waals surface area contributed by atoms with Gasteiger partial charge in [-0.1, -0.05) is 27.7 Å². The van der Waals surface area contributed by atoms with Crippen molar-refractivity contribution >= 4 is 11.9 Å². The van der Waals surface area contributed by atoms with Crippen LogP contribution in [0.3, 0.4) is 0 Å². The second-order valence-corrected chi connectivity index (χ2v) is 13.6. The lowest BCUT2D eigenvalue weighted by atomic mass is 9.49. The summed E-state index contributed by atoms with van der Waals surface area (Å²) in [5.74, 6) is 3.15. The third kappa shape index (κ3) is 5.77. The van der Waals surface area contributed by atoms with E-state index in [0.717, 1.165) is 50.4 Å². The molecule has 0 amide bonds. The molecule has 4 bridgehead atoms. The predicted octanol–water partition coefficient (Wildman–Crippen LogP) is 8.26. The molecule has 5 aliphatic carbocycles. The maximum Gasteiger partial charge on any atom is 0.312 e. The van der Waals surface area contributed by atoms with E-state index >= 15 is 0 Å². The molecule has 0 unspecified atom stereocenters. The van der Waals surface area contributed by atoms with Crippen LogP contribution in [0, 0.1) is 34.5 Å². The lowest BCUT2D eigenvalue weighted by molar-refractivity contribution is -0.218. The molecule has 5 fully saturated rings. The van der Waals surface area contributed by atoms with Crippen LogP contribution in [0.4, 0.5) is 0 Å². The highest BCUT2D eigenvalue weighted by atomic mass is 16.6. The van der Waals surface area contributed by atoms with E-state index in [2.05, 4.69) is 20.8 Å². The SMILES string of the molecule is CCC(C)(C)C(=O)OC1(CC)C2CC3CC(C2)CC1C3.CCC1(OC(=O)C(C)(C)CC)CCCC1. The molecule has 0 aromatic rings. The van der Waals surface area contributed by atoms with E-state index in [9.17, 15) is 9.59 Å². The Morgan fingerprint density at radius 3 is 1.49 bits per heavy atom. The van der Waals surface area contributed by atoms with Crippen molar-refractivity contribution in [1.82, 2.24) is 0 Å². The summed E-state index contributed by atoms with van der Waals surface area (Å²) < 4.78 is 12.0. The summed E-state index contributed by atoms with van der Waals surface area (Å²) in [5, 5.41) is 0. The van der Waals surface area contributed by atoms with Gasteiger partial charge in [0.15, 0.2) is 0 Å². The minimum atomic E-state index is -0.336. The zero-order valence-corrected chi connectivity index (χ0v) is 24.1. The van der Waals surface area contributed by atoms with Crippen molar-refractivity contribution < 1.29 is 19.1 Å². The van der Waals surface area contributed by atoms with E-state index in [1.807, 2.05) is 34.6 Å². The summed E-state index contributed by atoms with van der Waals surface area (Å²) in [6.07, 6.45) is 14.8. The van der Waals surface area contributed by atoms with Crippen LogP contribution >= 0.6 is 0 Å². The van der Waals surface area contributed by atoms with Crippen molar-refractivity contribution in [2.45, 2.75) is 150 Å². The molecule has 0 spiro atoms. The van der Waals surface area contributed by atoms with Gasteiger partial charge >= 0.3 is 11.9 Å². The van der Waals surface area contributed by atoms with Gasteiger partial charge in [-0.15, -0.1) is 0 Å². The van der Waals surface area contributed by atoms with Crippen molar-refractivity contribution in [3.05, 3.63) is 0 Å². The summed E-state index contributed by atoms with van der Waals surface area (Å²) in [7, 11) is 0. The molecule has 202 valence electrons. The van der Waals surface area contributed by atoms with Crippen LogP contribution in [0.15, 0.2) is 0 Å². The molecule has 5 rings (SSSR count). The van der Waals surface area contributed by atoms with Crippen molar-refractivity contribution in [3.8, 4) is 0 Å². The van der Waals surface area contributed by atoms with Gasteiger partial charge in [-0.3, -0.25) is 9.59 Å². The van der Waals surface area contributed by atoms with Gasteiger partial charge in [0.25, 0.3) is 0 Å². The number of hydrogen-bond acceptors (Lipinski definition) is 4. The highest BCUT2D eigenvalue weighted by Crippen LogP contribution is 2.61. The third-order valence-corrected chi connectivity index (χ3v) is 10.7. The third-order valence-electron chi connectivity index (χ3n) is 10.7. The molecule has 0 aliphatic heterocycles. The summed E-state index contributed by atoms with van der Waals surface area (Å²) in [5.41, 5.74) is -0.929. The summed E-state index contributed by atoms with van der Waals surface area (Å²) in [6.45, 7) is 16.4. The molecule has 35 heavy (non-hydrogen) atoms. The van der Waals surface area contributed by atoms with E-state index in [1.54, 1.807) is 0 Å². The smallest absolute Gasteiger partial charge is 0.312 e. The standard InChI is InChI=1S/C18H30O2.C13H24O2/c1-5-17(3,4)16(19)20-18(6-2)14-8-12-7-13(10-14)11-15(18)9-12;1-5-12(3,4)11(14)15-13(6-2)9-7-8-10-13/h12-15H,5-11H2,1-4H3;5-10H2,1-4H3. The monoisotopic (exact) mass is 490 g/mol. The fourth-order valence-electron chi connectivity index (χ4n) is 7.28. The molecular formula is C31H54O4. The van der Waals surface area contributed by atoms with Crippen LogP contribution in [0.1, 0.15) is 139 Å². The minimum Gasteiger partial charge on any atom is -0.459 e. The number of esters is 2. The zero-order valence-electron chi connectivity index (χ0n) is 24.1. The van der Waals surface area contributed by atoms with Crippen molar-refractivity contribution in [2.24, 2.45) is 34.5 Å². The quantitative estimate of drug-likeness (QED) is 0.321. The zero-order chi connectivity index (χ0) is 26.1. The Balaban J connectivity index is 0.000000205. The van der Waals surface area contributed by atoms with Gasteiger partial charge in [0, 0.05) is 0 Å². The largest absolute Gasteiger partial charge is 0.459 e. The number of hydrogen-bond donors (Lipinski definition) is 0.